The molecule has 0 aliphatic carbocycles. The Kier molecular flexibility index (Phi) is 8.30. The molecule has 1 aromatic heterocycles. The lowest BCUT2D eigenvalue weighted by atomic mass is 9.99. The van der Waals surface area contributed by atoms with Gasteiger partial charge in [-0.2, -0.15) is 0 Å². The van der Waals surface area contributed by atoms with Crippen molar-refractivity contribution in [2.75, 3.05) is 6.54 Å². The molecule has 0 saturated heterocycles. The number of unbranched alkanes of at least 4 members (excludes halogenated alkanes) is 1. The van der Waals surface area contributed by atoms with Gasteiger partial charge in [-0.05, 0) is 17.8 Å². The first kappa shape index (κ1) is 20.0. The summed E-state index contributed by atoms with van der Waals surface area (Å²) in [5, 5.41) is 23.3. The maximum absolute atomic E-state index is 10.9. The molecular weight excluding hydrogens is 316 g/mol. The Morgan fingerprint density at radius 2 is 2.33 bits per heavy atom. The monoisotopic (exact) mass is 342 g/mol. The van der Waals surface area contributed by atoms with E-state index in [-0.39, 0.29) is 25.0 Å². The van der Waals surface area contributed by atoms with E-state index in [1.165, 1.54) is 17.0 Å². The maximum Gasteiger partial charge on any atom is 0.434 e. The smallest absolute Gasteiger partial charge is 0.411 e. The van der Waals surface area contributed by atoms with Gasteiger partial charge in [0.15, 0.2) is 0 Å². The lowest BCUT2D eigenvalue weighted by Crippen LogP contribution is -2.42. The Bertz CT molecular complexity index is 547. The molecule has 0 bridgehead atoms. The van der Waals surface area contributed by atoms with E-state index in [0.29, 0.717) is 12.1 Å². The molecule has 0 aliphatic rings. The normalized spacial score (nSPS) is 15.9. The second-order valence-corrected chi connectivity index (χ2v) is 5.58. The van der Waals surface area contributed by atoms with Gasteiger partial charge in [0.25, 0.3) is 0 Å². The van der Waals surface area contributed by atoms with E-state index in [4.69, 9.17) is 21.4 Å². The summed E-state index contributed by atoms with van der Waals surface area (Å²) in [6, 6.07) is 0. The molecular formula is C14H26N6O4. The molecule has 0 spiro atoms. The number of hydrogen-bond acceptors (Lipinski definition) is 8. The third-order valence-corrected chi connectivity index (χ3v) is 3.80. The van der Waals surface area contributed by atoms with E-state index < -0.39 is 17.3 Å². The average molecular weight is 342 g/mol. The Morgan fingerprint density at radius 1 is 1.62 bits per heavy atom. The third kappa shape index (κ3) is 5.55. The molecule has 136 valence electrons. The third-order valence-electron chi connectivity index (χ3n) is 3.80. The van der Waals surface area contributed by atoms with Crippen LogP contribution in [0, 0.1) is 16.0 Å². The molecule has 5 N–H and O–H groups in total. The highest BCUT2D eigenvalue weighted by Crippen LogP contribution is 2.15. The van der Waals surface area contributed by atoms with Crippen LogP contribution in [0.15, 0.2) is 17.5 Å². The molecule has 0 fully saturated rings. The van der Waals surface area contributed by atoms with Crippen LogP contribution in [0.5, 0.6) is 0 Å². The number of oxime groups is 1. The predicted molar refractivity (Wildman–Crippen MR) is 88.7 cm³/mol. The standard InChI is InChI=1S/C14H26N6O4/c1-3-4-5-12(18-21)10(2)13(16)24-11(8-15)9-19-7-6-17-14(19)20(22)23/h6-7,10-11,13,21H,3-5,8-9,15-16H2,1-2H3. The zero-order valence-electron chi connectivity index (χ0n) is 14.0. The fourth-order valence-corrected chi connectivity index (χ4v) is 2.26. The van der Waals surface area contributed by atoms with Gasteiger partial charge in [0.1, 0.15) is 24.7 Å². The molecule has 0 aromatic carbocycles. The highest BCUT2D eigenvalue weighted by Gasteiger charge is 2.25. The van der Waals surface area contributed by atoms with Crippen molar-refractivity contribution in [3.8, 4) is 0 Å². The molecule has 1 aromatic rings. The van der Waals surface area contributed by atoms with Gasteiger partial charge in [0, 0.05) is 12.5 Å². The minimum Gasteiger partial charge on any atom is -0.411 e. The van der Waals surface area contributed by atoms with Crippen LogP contribution < -0.4 is 11.5 Å². The molecule has 0 saturated carbocycles. The first-order valence-electron chi connectivity index (χ1n) is 7.92. The summed E-state index contributed by atoms with van der Waals surface area (Å²) in [7, 11) is 0. The summed E-state index contributed by atoms with van der Waals surface area (Å²) in [4.78, 5) is 14.0. The van der Waals surface area contributed by atoms with Crippen LogP contribution in [0.4, 0.5) is 5.95 Å². The summed E-state index contributed by atoms with van der Waals surface area (Å²) in [6.45, 7) is 4.14. The van der Waals surface area contributed by atoms with Crippen LogP contribution in [0.25, 0.3) is 0 Å². The number of imidazole rings is 1. The Labute approximate surface area is 140 Å². The summed E-state index contributed by atoms with van der Waals surface area (Å²) in [5.74, 6) is -0.576. The zero-order valence-corrected chi connectivity index (χ0v) is 14.0. The van der Waals surface area contributed by atoms with Crippen molar-refractivity contribution < 1.29 is 14.9 Å². The Hall–Kier alpha value is -2.04. The van der Waals surface area contributed by atoms with Crippen molar-refractivity contribution in [3.63, 3.8) is 0 Å². The second kappa shape index (κ2) is 9.96. The van der Waals surface area contributed by atoms with Gasteiger partial charge in [0.05, 0.1) is 12.3 Å². The van der Waals surface area contributed by atoms with Crippen LogP contribution in [0.1, 0.15) is 33.1 Å². The fourth-order valence-electron chi connectivity index (χ4n) is 2.26. The zero-order chi connectivity index (χ0) is 18.1. The second-order valence-electron chi connectivity index (χ2n) is 5.58. The quantitative estimate of drug-likeness (QED) is 0.179. The maximum atomic E-state index is 10.9. The number of aromatic nitrogens is 2. The van der Waals surface area contributed by atoms with Crippen molar-refractivity contribution in [1.29, 1.82) is 0 Å². The SMILES string of the molecule is CCCCC(=NO)C(C)C(N)OC(CN)Cn1ccnc1[N+](=O)[O-]. The van der Waals surface area contributed by atoms with Crippen LogP contribution in [0.3, 0.4) is 0 Å². The predicted octanol–water partition coefficient (Wildman–Crippen LogP) is 1.08. The molecule has 24 heavy (non-hydrogen) atoms. The molecule has 3 unspecified atom stereocenters. The van der Waals surface area contributed by atoms with Crippen LogP contribution >= 0.6 is 0 Å². The van der Waals surface area contributed by atoms with Crippen molar-refractivity contribution in [3.05, 3.63) is 22.5 Å². The van der Waals surface area contributed by atoms with Gasteiger partial charge in [0.2, 0.25) is 0 Å². The lowest BCUT2D eigenvalue weighted by Gasteiger charge is -2.25. The van der Waals surface area contributed by atoms with Gasteiger partial charge in [-0.1, -0.05) is 30.4 Å². The van der Waals surface area contributed by atoms with E-state index in [9.17, 15) is 10.1 Å². The molecule has 10 nitrogen and oxygen atoms in total. The number of nitrogens with two attached hydrogens (primary N) is 2. The van der Waals surface area contributed by atoms with Crippen LogP contribution in [-0.4, -0.2) is 44.3 Å². The summed E-state index contributed by atoms with van der Waals surface area (Å²) < 4.78 is 7.08. The highest BCUT2D eigenvalue weighted by molar-refractivity contribution is 5.86. The van der Waals surface area contributed by atoms with Gasteiger partial charge in [-0.15, -0.1) is 0 Å². The first-order chi connectivity index (χ1) is 11.4. The van der Waals surface area contributed by atoms with Crippen molar-refractivity contribution >= 4 is 11.7 Å². The highest BCUT2D eigenvalue weighted by atomic mass is 16.6. The van der Waals surface area contributed by atoms with Gasteiger partial charge < -0.3 is 31.5 Å². The first-order valence-corrected chi connectivity index (χ1v) is 7.92. The van der Waals surface area contributed by atoms with Crippen LogP contribution in [0.2, 0.25) is 0 Å². The van der Waals surface area contributed by atoms with Crippen LogP contribution in [-0.2, 0) is 11.3 Å². The van der Waals surface area contributed by atoms with E-state index in [1.54, 1.807) is 0 Å². The number of nitrogens with zero attached hydrogens (tertiary/aromatic N) is 4. The van der Waals surface area contributed by atoms with E-state index in [0.717, 1.165) is 12.8 Å². The summed E-state index contributed by atoms with van der Waals surface area (Å²) in [5.41, 5.74) is 12.3. The van der Waals surface area contributed by atoms with Gasteiger partial charge in [-0.3, -0.25) is 0 Å². The fraction of sp³-hybridized carbons (Fsp3) is 0.714. The van der Waals surface area contributed by atoms with E-state index >= 15 is 0 Å². The number of nitro groups is 1. The largest absolute Gasteiger partial charge is 0.434 e. The van der Waals surface area contributed by atoms with E-state index in [1.807, 2.05) is 13.8 Å². The summed E-state index contributed by atoms with van der Waals surface area (Å²) >= 11 is 0. The number of hydrogen-bond donors (Lipinski definition) is 3. The van der Waals surface area contributed by atoms with Gasteiger partial charge >= 0.3 is 5.95 Å². The number of ether oxygens (including phenoxy) is 1. The molecule has 0 aliphatic heterocycles. The molecule has 1 heterocycles. The lowest BCUT2D eigenvalue weighted by molar-refractivity contribution is -0.397. The molecule has 0 amide bonds. The minimum atomic E-state index is -0.733. The van der Waals surface area contributed by atoms with E-state index in [2.05, 4.69) is 10.1 Å². The molecule has 3 atom stereocenters. The molecule has 1 rings (SSSR count). The van der Waals surface area contributed by atoms with Gasteiger partial charge in [-0.25, -0.2) is 4.57 Å². The topological polar surface area (TPSA) is 155 Å². The number of rotatable bonds is 11. The summed E-state index contributed by atoms with van der Waals surface area (Å²) in [6.07, 6.45) is 4.06. The molecule has 10 heteroatoms. The Morgan fingerprint density at radius 3 is 2.88 bits per heavy atom. The van der Waals surface area contributed by atoms with Crippen molar-refractivity contribution in [2.45, 2.75) is 52.0 Å². The Balaban J connectivity index is 2.69. The minimum absolute atomic E-state index is 0.135. The molecule has 0 radical (unpaired) electrons. The van der Waals surface area contributed by atoms with Crippen molar-refractivity contribution in [2.24, 2.45) is 22.5 Å². The average Bonchev–Trinajstić information content (AvgIpc) is 3.02. The van der Waals surface area contributed by atoms with Crippen molar-refractivity contribution in [1.82, 2.24) is 9.55 Å².